The van der Waals surface area contributed by atoms with Crippen molar-refractivity contribution in [3.05, 3.63) is 23.8 Å². The normalized spacial score (nSPS) is 19.8. The Morgan fingerprint density at radius 3 is 2.62 bits per heavy atom. The van der Waals surface area contributed by atoms with Gasteiger partial charge in [-0.25, -0.2) is 0 Å². The molecule has 1 aromatic rings. The highest BCUT2D eigenvalue weighted by Gasteiger charge is 2.21. The van der Waals surface area contributed by atoms with Gasteiger partial charge in [0.25, 0.3) is 0 Å². The van der Waals surface area contributed by atoms with Gasteiger partial charge in [0, 0.05) is 22.4 Å². The molecule has 0 radical (unpaired) electrons. The van der Waals surface area contributed by atoms with Crippen LogP contribution in [0.25, 0.3) is 0 Å². The van der Waals surface area contributed by atoms with Crippen molar-refractivity contribution in [2.75, 3.05) is 11.1 Å². The van der Waals surface area contributed by atoms with Crippen LogP contribution in [0.4, 0.5) is 5.69 Å². The Balaban J connectivity index is 2.22. The predicted octanol–water partition coefficient (Wildman–Crippen LogP) is 4.35. The quantitative estimate of drug-likeness (QED) is 0.817. The molecular formula is C14H21NS. The molecule has 2 rings (SSSR count). The average molecular weight is 235 g/mol. The van der Waals surface area contributed by atoms with Crippen LogP contribution >= 0.6 is 11.8 Å². The Morgan fingerprint density at radius 1 is 1.25 bits per heavy atom. The molecule has 1 aliphatic rings. The minimum absolute atomic E-state index is 0.613. The molecule has 0 aromatic heterocycles. The maximum absolute atomic E-state index is 3.64. The highest BCUT2D eigenvalue weighted by atomic mass is 32.2. The zero-order chi connectivity index (χ0) is 11.7. The topological polar surface area (TPSA) is 12.0 Å². The third-order valence-corrected chi connectivity index (χ3v) is 4.41. The summed E-state index contributed by atoms with van der Waals surface area (Å²) in [5, 5.41) is 3.64. The SMILES string of the molecule is CC(C)c1ccc2c(c1)SCC(C(C)C)N2. The summed E-state index contributed by atoms with van der Waals surface area (Å²) in [6.45, 7) is 9.07. The maximum Gasteiger partial charge on any atom is 0.0481 e. The molecule has 16 heavy (non-hydrogen) atoms. The second kappa shape index (κ2) is 4.70. The minimum Gasteiger partial charge on any atom is -0.380 e. The summed E-state index contributed by atoms with van der Waals surface area (Å²) in [7, 11) is 0. The van der Waals surface area contributed by atoms with Gasteiger partial charge in [-0.05, 0) is 29.5 Å². The fourth-order valence-corrected chi connectivity index (χ4v) is 3.25. The number of fused-ring (bicyclic) bond motifs is 1. The first-order valence-corrected chi connectivity index (χ1v) is 7.09. The van der Waals surface area contributed by atoms with Crippen LogP contribution in [-0.4, -0.2) is 11.8 Å². The highest BCUT2D eigenvalue weighted by Crippen LogP contribution is 2.36. The molecule has 1 nitrogen and oxygen atoms in total. The number of rotatable bonds is 2. The first-order valence-electron chi connectivity index (χ1n) is 6.11. The average Bonchev–Trinajstić information content (AvgIpc) is 2.27. The van der Waals surface area contributed by atoms with Gasteiger partial charge in [0.1, 0.15) is 0 Å². The van der Waals surface area contributed by atoms with Crippen molar-refractivity contribution < 1.29 is 0 Å². The van der Waals surface area contributed by atoms with Crippen molar-refractivity contribution in [1.29, 1.82) is 0 Å². The van der Waals surface area contributed by atoms with E-state index in [4.69, 9.17) is 0 Å². The largest absolute Gasteiger partial charge is 0.380 e. The van der Waals surface area contributed by atoms with E-state index in [1.807, 2.05) is 11.8 Å². The Bertz CT molecular complexity index is 371. The molecule has 1 aliphatic heterocycles. The molecule has 0 bridgehead atoms. The minimum atomic E-state index is 0.613. The van der Waals surface area contributed by atoms with Crippen molar-refractivity contribution in [1.82, 2.24) is 0 Å². The molecule has 0 fully saturated rings. The fraction of sp³-hybridized carbons (Fsp3) is 0.571. The van der Waals surface area contributed by atoms with Crippen LogP contribution < -0.4 is 5.32 Å². The zero-order valence-corrected chi connectivity index (χ0v) is 11.4. The molecule has 1 heterocycles. The zero-order valence-electron chi connectivity index (χ0n) is 10.6. The number of benzene rings is 1. The van der Waals surface area contributed by atoms with Gasteiger partial charge in [0.05, 0.1) is 0 Å². The molecule has 1 aromatic carbocycles. The van der Waals surface area contributed by atoms with E-state index in [0.29, 0.717) is 17.9 Å². The second-order valence-electron chi connectivity index (χ2n) is 5.22. The number of thioether (sulfide) groups is 1. The fourth-order valence-electron chi connectivity index (χ4n) is 1.92. The lowest BCUT2D eigenvalue weighted by atomic mass is 10.0. The first-order chi connectivity index (χ1) is 7.58. The summed E-state index contributed by atoms with van der Waals surface area (Å²) >= 11 is 1.99. The van der Waals surface area contributed by atoms with E-state index in [1.54, 1.807) is 0 Å². The molecule has 1 unspecified atom stereocenters. The monoisotopic (exact) mass is 235 g/mol. The first kappa shape index (κ1) is 11.8. The Hall–Kier alpha value is -0.630. The van der Waals surface area contributed by atoms with Crippen LogP contribution in [0, 0.1) is 5.92 Å². The summed E-state index contributed by atoms with van der Waals surface area (Å²) in [6.07, 6.45) is 0. The highest BCUT2D eigenvalue weighted by molar-refractivity contribution is 7.99. The van der Waals surface area contributed by atoms with Gasteiger partial charge < -0.3 is 5.32 Å². The van der Waals surface area contributed by atoms with E-state index in [9.17, 15) is 0 Å². The van der Waals surface area contributed by atoms with Gasteiger partial charge in [-0.2, -0.15) is 0 Å². The Morgan fingerprint density at radius 2 is 2.00 bits per heavy atom. The third kappa shape index (κ3) is 2.37. The van der Waals surface area contributed by atoms with Crippen LogP contribution in [0.1, 0.15) is 39.2 Å². The second-order valence-corrected chi connectivity index (χ2v) is 6.28. The van der Waals surface area contributed by atoms with E-state index < -0.39 is 0 Å². The molecule has 0 spiro atoms. The third-order valence-electron chi connectivity index (χ3n) is 3.24. The van der Waals surface area contributed by atoms with Crippen LogP contribution in [-0.2, 0) is 0 Å². The molecule has 0 aliphatic carbocycles. The van der Waals surface area contributed by atoms with E-state index in [0.717, 1.165) is 0 Å². The van der Waals surface area contributed by atoms with Gasteiger partial charge in [-0.3, -0.25) is 0 Å². The molecule has 2 heteroatoms. The molecule has 88 valence electrons. The van der Waals surface area contributed by atoms with Gasteiger partial charge in [-0.15, -0.1) is 11.8 Å². The van der Waals surface area contributed by atoms with Crippen LogP contribution in [0.2, 0.25) is 0 Å². The lowest BCUT2D eigenvalue weighted by Crippen LogP contribution is -2.30. The van der Waals surface area contributed by atoms with Crippen LogP contribution in [0.15, 0.2) is 23.1 Å². The smallest absolute Gasteiger partial charge is 0.0481 e. The van der Waals surface area contributed by atoms with E-state index in [1.165, 1.54) is 21.9 Å². The summed E-state index contributed by atoms with van der Waals surface area (Å²) in [6, 6.07) is 7.45. The van der Waals surface area contributed by atoms with Crippen molar-refractivity contribution in [2.45, 2.75) is 44.6 Å². The standard InChI is InChI=1S/C14H21NS/c1-9(2)11-5-6-12-14(7-11)16-8-13(15-12)10(3)4/h5-7,9-10,13,15H,8H2,1-4H3. The lowest BCUT2D eigenvalue weighted by molar-refractivity contribution is 0.562. The number of hydrogen-bond donors (Lipinski definition) is 1. The summed E-state index contributed by atoms with van der Waals surface area (Å²) < 4.78 is 0. The molecule has 1 atom stereocenters. The molecule has 0 saturated heterocycles. The summed E-state index contributed by atoms with van der Waals surface area (Å²) in [5.74, 6) is 2.51. The van der Waals surface area contributed by atoms with Gasteiger partial charge in [0.15, 0.2) is 0 Å². The van der Waals surface area contributed by atoms with E-state index in [2.05, 4.69) is 51.2 Å². The van der Waals surface area contributed by atoms with Gasteiger partial charge in [0.2, 0.25) is 0 Å². The molecule has 0 amide bonds. The van der Waals surface area contributed by atoms with Gasteiger partial charge >= 0.3 is 0 Å². The maximum atomic E-state index is 3.64. The number of anilines is 1. The Labute approximate surface area is 103 Å². The van der Waals surface area contributed by atoms with Crippen LogP contribution in [0.5, 0.6) is 0 Å². The summed E-state index contributed by atoms with van der Waals surface area (Å²) in [5.41, 5.74) is 2.76. The van der Waals surface area contributed by atoms with Crippen molar-refractivity contribution in [3.63, 3.8) is 0 Å². The summed E-state index contributed by atoms with van der Waals surface area (Å²) in [4.78, 5) is 1.42. The van der Waals surface area contributed by atoms with Crippen molar-refractivity contribution in [3.8, 4) is 0 Å². The van der Waals surface area contributed by atoms with Crippen molar-refractivity contribution >= 4 is 17.4 Å². The number of hydrogen-bond acceptors (Lipinski definition) is 2. The van der Waals surface area contributed by atoms with Gasteiger partial charge in [-0.1, -0.05) is 33.8 Å². The van der Waals surface area contributed by atoms with E-state index >= 15 is 0 Å². The molecule has 0 saturated carbocycles. The molecule has 1 N–H and O–H groups in total. The number of nitrogens with one attached hydrogen (secondary N) is 1. The van der Waals surface area contributed by atoms with Crippen molar-refractivity contribution in [2.24, 2.45) is 5.92 Å². The lowest BCUT2D eigenvalue weighted by Gasteiger charge is -2.29. The predicted molar refractivity (Wildman–Crippen MR) is 73.5 cm³/mol. The Kier molecular flexibility index (Phi) is 3.48. The van der Waals surface area contributed by atoms with Crippen LogP contribution in [0.3, 0.4) is 0 Å². The molecular weight excluding hydrogens is 214 g/mol. The van der Waals surface area contributed by atoms with E-state index in [-0.39, 0.29) is 0 Å².